The SMILES string of the molecule is CCN(CC(=O)Nc1cccc(C(F)(F)F)c1)S(=O)(=O)c1ccc(OC)c(C)c1. The number of amides is 1. The number of nitrogens with zero attached hydrogens (tertiary/aromatic N) is 1. The molecule has 0 aliphatic rings. The third-order valence-electron chi connectivity index (χ3n) is 4.15. The lowest BCUT2D eigenvalue weighted by atomic mass is 10.2. The van der Waals surface area contributed by atoms with Crippen molar-refractivity contribution in [2.45, 2.75) is 24.9 Å². The fourth-order valence-corrected chi connectivity index (χ4v) is 4.15. The molecule has 0 atom stereocenters. The number of anilines is 1. The highest BCUT2D eigenvalue weighted by Gasteiger charge is 2.31. The second-order valence-electron chi connectivity index (χ2n) is 6.19. The number of ether oxygens (including phenoxy) is 1. The largest absolute Gasteiger partial charge is 0.496 e. The van der Waals surface area contributed by atoms with E-state index in [-0.39, 0.29) is 17.1 Å². The van der Waals surface area contributed by atoms with Gasteiger partial charge in [-0.1, -0.05) is 13.0 Å². The van der Waals surface area contributed by atoms with E-state index < -0.39 is 34.2 Å². The Morgan fingerprint density at radius 3 is 2.41 bits per heavy atom. The second kappa shape index (κ2) is 8.83. The third kappa shape index (κ3) is 5.48. The van der Waals surface area contributed by atoms with Crippen molar-refractivity contribution in [3.8, 4) is 5.75 Å². The lowest BCUT2D eigenvalue weighted by molar-refractivity contribution is -0.137. The van der Waals surface area contributed by atoms with E-state index in [4.69, 9.17) is 4.74 Å². The fraction of sp³-hybridized carbons (Fsp3) is 0.316. The molecule has 1 amide bonds. The van der Waals surface area contributed by atoms with Crippen LogP contribution < -0.4 is 10.1 Å². The molecule has 0 aliphatic heterocycles. The minimum Gasteiger partial charge on any atom is -0.496 e. The maximum atomic E-state index is 12.8. The van der Waals surface area contributed by atoms with Gasteiger partial charge in [0.15, 0.2) is 0 Å². The van der Waals surface area contributed by atoms with Crippen molar-refractivity contribution in [3.05, 3.63) is 53.6 Å². The molecule has 158 valence electrons. The number of rotatable bonds is 7. The van der Waals surface area contributed by atoms with Crippen LogP contribution in [0.15, 0.2) is 47.4 Å². The molecule has 0 aliphatic carbocycles. The molecule has 0 heterocycles. The van der Waals surface area contributed by atoms with E-state index in [0.29, 0.717) is 11.3 Å². The Kier molecular flexibility index (Phi) is 6.91. The number of sulfonamides is 1. The van der Waals surface area contributed by atoms with Gasteiger partial charge in [-0.15, -0.1) is 0 Å². The average molecular weight is 430 g/mol. The zero-order valence-electron chi connectivity index (χ0n) is 16.1. The number of hydrogen-bond donors (Lipinski definition) is 1. The Morgan fingerprint density at radius 2 is 1.86 bits per heavy atom. The first-order chi connectivity index (χ1) is 13.5. The van der Waals surface area contributed by atoms with Crippen molar-refractivity contribution in [2.75, 3.05) is 25.5 Å². The van der Waals surface area contributed by atoms with Gasteiger partial charge in [-0.25, -0.2) is 8.42 Å². The fourth-order valence-electron chi connectivity index (χ4n) is 2.66. The summed E-state index contributed by atoms with van der Waals surface area (Å²) < 4.78 is 70.1. The lowest BCUT2D eigenvalue weighted by Gasteiger charge is -2.21. The summed E-state index contributed by atoms with van der Waals surface area (Å²) in [7, 11) is -2.52. The molecule has 0 saturated heterocycles. The van der Waals surface area contributed by atoms with Gasteiger partial charge in [0, 0.05) is 12.2 Å². The standard InChI is InChI=1S/C19H21F3N2O4S/c1-4-24(29(26,27)16-8-9-17(28-3)13(2)10-16)12-18(25)23-15-7-5-6-14(11-15)19(20,21)22/h5-11H,4,12H2,1-3H3,(H,23,25). The van der Waals surface area contributed by atoms with Crippen LogP contribution in [-0.2, 0) is 21.0 Å². The van der Waals surface area contributed by atoms with Gasteiger partial charge in [-0.3, -0.25) is 4.79 Å². The van der Waals surface area contributed by atoms with Gasteiger partial charge in [-0.2, -0.15) is 17.5 Å². The summed E-state index contributed by atoms with van der Waals surface area (Å²) in [4.78, 5) is 12.3. The van der Waals surface area contributed by atoms with Crippen LogP contribution in [-0.4, -0.2) is 38.8 Å². The molecule has 10 heteroatoms. The zero-order chi connectivity index (χ0) is 21.8. The first-order valence-corrected chi connectivity index (χ1v) is 10.0. The normalized spacial score (nSPS) is 12.1. The van der Waals surface area contributed by atoms with Gasteiger partial charge in [0.2, 0.25) is 15.9 Å². The first-order valence-electron chi connectivity index (χ1n) is 8.61. The Hall–Kier alpha value is -2.59. The second-order valence-corrected chi connectivity index (χ2v) is 8.13. The molecule has 0 radical (unpaired) electrons. The topological polar surface area (TPSA) is 75.7 Å². The summed E-state index contributed by atoms with van der Waals surface area (Å²) in [5.41, 5.74) is -0.374. The zero-order valence-corrected chi connectivity index (χ0v) is 16.9. The average Bonchev–Trinajstić information content (AvgIpc) is 2.65. The van der Waals surface area contributed by atoms with Gasteiger partial charge in [0.1, 0.15) is 5.75 Å². The number of halogens is 3. The van der Waals surface area contributed by atoms with Crippen LogP contribution in [0.25, 0.3) is 0 Å². The van der Waals surface area contributed by atoms with Crippen molar-refractivity contribution < 1.29 is 31.1 Å². The molecule has 2 aromatic rings. The molecular formula is C19H21F3N2O4S. The van der Waals surface area contributed by atoms with Crippen LogP contribution in [0.5, 0.6) is 5.75 Å². The number of likely N-dealkylation sites (N-methyl/N-ethyl adjacent to an activating group) is 1. The summed E-state index contributed by atoms with van der Waals surface area (Å²) in [6.07, 6.45) is -4.55. The number of nitrogens with one attached hydrogen (secondary N) is 1. The number of methoxy groups -OCH3 is 1. The van der Waals surface area contributed by atoms with Crippen LogP contribution >= 0.6 is 0 Å². The van der Waals surface area contributed by atoms with E-state index in [2.05, 4.69) is 5.32 Å². The lowest BCUT2D eigenvalue weighted by Crippen LogP contribution is -2.37. The maximum absolute atomic E-state index is 12.8. The number of aryl methyl sites for hydroxylation is 1. The molecule has 29 heavy (non-hydrogen) atoms. The summed E-state index contributed by atoms with van der Waals surface area (Å²) in [5, 5.41) is 2.31. The van der Waals surface area contributed by atoms with Gasteiger partial charge in [0.25, 0.3) is 0 Å². The molecule has 0 aromatic heterocycles. The third-order valence-corrected chi connectivity index (χ3v) is 6.07. The van der Waals surface area contributed by atoms with Gasteiger partial charge < -0.3 is 10.1 Å². The Balaban J connectivity index is 2.18. The summed E-state index contributed by atoms with van der Waals surface area (Å²) >= 11 is 0. The first kappa shape index (κ1) is 22.7. The van der Waals surface area contributed by atoms with Crippen molar-refractivity contribution in [1.29, 1.82) is 0 Å². The monoisotopic (exact) mass is 430 g/mol. The van der Waals surface area contributed by atoms with Crippen LogP contribution in [0, 0.1) is 6.92 Å². The van der Waals surface area contributed by atoms with Crippen LogP contribution in [0.2, 0.25) is 0 Å². The molecule has 6 nitrogen and oxygen atoms in total. The number of benzene rings is 2. The predicted octanol–water partition coefficient (Wildman–Crippen LogP) is 3.67. The van der Waals surface area contributed by atoms with E-state index in [1.807, 2.05) is 0 Å². The molecule has 0 bridgehead atoms. The molecule has 2 aromatic carbocycles. The molecule has 0 unspecified atom stereocenters. The summed E-state index contributed by atoms with van der Waals surface area (Å²) in [6, 6.07) is 8.44. The highest BCUT2D eigenvalue weighted by molar-refractivity contribution is 7.89. The molecule has 2 rings (SSSR count). The number of hydrogen-bond acceptors (Lipinski definition) is 4. The highest BCUT2D eigenvalue weighted by Crippen LogP contribution is 2.30. The van der Waals surface area contributed by atoms with Crippen molar-refractivity contribution in [2.24, 2.45) is 0 Å². The molecule has 0 saturated carbocycles. The van der Waals surface area contributed by atoms with E-state index in [1.165, 1.54) is 31.4 Å². The van der Waals surface area contributed by atoms with Gasteiger partial charge >= 0.3 is 6.18 Å². The highest BCUT2D eigenvalue weighted by atomic mass is 32.2. The van der Waals surface area contributed by atoms with E-state index in [0.717, 1.165) is 22.5 Å². The number of carbonyl (C=O) groups excluding carboxylic acids is 1. The van der Waals surface area contributed by atoms with Gasteiger partial charge in [0.05, 0.1) is 24.1 Å². The smallest absolute Gasteiger partial charge is 0.416 e. The van der Waals surface area contributed by atoms with E-state index in [1.54, 1.807) is 13.8 Å². The molecule has 0 fully saturated rings. The summed E-state index contributed by atoms with van der Waals surface area (Å²) in [5.74, 6) is -0.228. The van der Waals surface area contributed by atoms with Crippen molar-refractivity contribution in [3.63, 3.8) is 0 Å². The van der Waals surface area contributed by atoms with E-state index >= 15 is 0 Å². The Labute approximate surface area is 167 Å². The number of carbonyl (C=O) groups is 1. The molecular weight excluding hydrogens is 409 g/mol. The molecule has 0 spiro atoms. The predicted molar refractivity (Wildman–Crippen MR) is 102 cm³/mol. The van der Waals surface area contributed by atoms with Crippen molar-refractivity contribution in [1.82, 2.24) is 4.31 Å². The number of alkyl halides is 3. The Morgan fingerprint density at radius 1 is 1.17 bits per heavy atom. The van der Waals surface area contributed by atoms with Crippen LogP contribution in [0.4, 0.5) is 18.9 Å². The van der Waals surface area contributed by atoms with Crippen LogP contribution in [0.1, 0.15) is 18.1 Å². The van der Waals surface area contributed by atoms with E-state index in [9.17, 15) is 26.4 Å². The summed E-state index contributed by atoms with van der Waals surface area (Å²) in [6.45, 7) is 2.71. The Bertz CT molecular complexity index is 991. The minimum absolute atomic E-state index is 0.00339. The maximum Gasteiger partial charge on any atom is 0.416 e. The van der Waals surface area contributed by atoms with Crippen LogP contribution in [0.3, 0.4) is 0 Å². The van der Waals surface area contributed by atoms with Crippen molar-refractivity contribution >= 4 is 21.6 Å². The quantitative estimate of drug-likeness (QED) is 0.727. The minimum atomic E-state index is -4.55. The molecule has 1 N–H and O–H groups in total. The van der Waals surface area contributed by atoms with Gasteiger partial charge in [-0.05, 0) is 48.9 Å².